The molecule has 0 heterocycles. The molecule has 4 rings (SSSR count). The van der Waals surface area contributed by atoms with E-state index in [2.05, 4.69) is 4.74 Å². The molecule has 7 nitrogen and oxygen atoms in total. The van der Waals surface area contributed by atoms with E-state index in [1.807, 2.05) is 0 Å². The molecule has 0 spiro atoms. The summed E-state index contributed by atoms with van der Waals surface area (Å²) in [4.78, 5) is 12.1. The predicted octanol–water partition coefficient (Wildman–Crippen LogP) is 3.25. The summed E-state index contributed by atoms with van der Waals surface area (Å²) in [6.45, 7) is -1.76. The average molecular weight is 570 g/mol. The highest BCUT2D eigenvalue weighted by molar-refractivity contribution is 7.88. The number of aliphatic hydroxyl groups is 2. The largest absolute Gasteiger partial charge is 0.462 e. The maximum atomic E-state index is 14.9. The van der Waals surface area contributed by atoms with Crippen LogP contribution in [0.4, 0.5) is 43.9 Å². The average Bonchev–Trinajstić information content (AvgIpc) is 2.67. The lowest BCUT2D eigenvalue weighted by atomic mass is 9.43. The Labute approximate surface area is 196 Å². The van der Waals surface area contributed by atoms with Gasteiger partial charge in [-0.3, -0.25) is 4.55 Å². The summed E-state index contributed by atoms with van der Waals surface area (Å²) in [7, 11) is -7.48. The van der Waals surface area contributed by atoms with Crippen LogP contribution < -0.4 is 0 Å². The maximum Gasteiger partial charge on any atom is 0.460 e. The zero-order valence-electron chi connectivity index (χ0n) is 17.9. The van der Waals surface area contributed by atoms with Crippen molar-refractivity contribution in [3.63, 3.8) is 0 Å². The molecule has 4 aliphatic carbocycles. The van der Waals surface area contributed by atoms with Gasteiger partial charge in [-0.25, -0.2) is 9.18 Å². The standard InChI is InChI=1S/C18H20F10O7S/c19-14(36(32,33)34,15(20,21)16(22,23)17(24,25)18(26,27)28)10(30)35-8-12-2-9-1-11(4-12,7-29)5-13(31,3-9)6-12/h9,29,31H,1-8H2,(H,32,33,34). The minimum absolute atomic E-state index is 0.0498. The van der Waals surface area contributed by atoms with E-state index >= 15 is 0 Å². The molecule has 36 heavy (non-hydrogen) atoms. The molecule has 0 aromatic rings. The van der Waals surface area contributed by atoms with Gasteiger partial charge in [-0.05, 0) is 49.9 Å². The SMILES string of the molecule is O=C(OCC12CC3CC(O)(CC(CO)(C3)C1)C2)C(F)(C(F)(F)C(F)(F)C(F)(F)C(F)(F)F)S(=O)(=O)O. The van der Waals surface area contributed by atoms with Crippen molar-refractivity contribution < 1.29 is 76.6 Å². The monoisotopic (exact) mass is 570 g/mol. The number of ether oxygens (including phenoxy) is 1. The van der Waals surface area contributed by atoms with Gasteiger partial charge in [0.15, 0.2) is 0 Å². The predicted molar refractivity (Wildman–Crippen MR) is 95.3 cm³/mol. The van der Waals surface area contributed by atoms with Crippen molar-refractivity contribution in [2.75, 3.05) is 13.2 Å². The molecular weight excluding hydrogens is 550 g/mol. The first-order valence-electron chi connectivity index (χ1n) is 10.2. The Bertz CT molecular complexity index is 1030. The summed E-state index contributed by atoms with van der Waals surface area (Å²) in [5.74, 6) is -27.3. The van der Waals surface area contributed by atoms with Crippen molar-refractivity contribution in [3.05, 3.63) is 0 Å². The molecule has 4 saturated carbocycles. The summed E-state index contributed by atoms with van der Waals surface area (Å²) >= 11 is 0. The minimum atomic E-state index is -7.90. The molecule has 3 N–H and O–H groups in total. The highest BCUT2D eigenvalue weighted by Gasteiger charge is 2.91. The van der Waals surface area contributed by atoms with Crippen molar-refractivity contribution in [1.82, 2.24) is 0 Å². The van der Waals surface area contributed by atoms with Gasteiger partial charge >= 0.3 is 45.0 Å². The molecule has 0 aromatic carbocycles. The van der Waals surface area contributed by atoms with Crippen LogP contribution in [0, 0.1) is 16.7 Å². The van der Waals surface area contributed by atoms with Crippen molar-refractivity contribution in [2.24, 2.45) is 16.7 Å². The quantitative estimate of drug-likeness (QED) is 0.233. The van der Waals surface area contributed by atoms with Crippen LogP contribution in [0.5, 0.6) is 0 Å². The first-order chi connectivity index (χ1) is 15.8. The second kappa shape index (κ2) is 7.81. The molecule has 5 atom stereocenters. The lowest BCUT2D eigenvalue weighted by molar-refractivity contribution is -0.404. The topological polar surface area (TPSA) is 121 Å². The van der Waals surface area contributed by atoms with Gasteiger partial charge in [-0.15, -0.1) is 0 Å². The fourth-order valence-electron chi connectivity index (χ4n) is 6.41. The van der Waals surface area contributed by atoms with Crippen molar-refractivity contribution in [1.29, 1.82) is 0 Å². The molecule has 0 radical (unpaired) electrons. The molecule has 0 saturated heterocycles. The first kappa shape index (κ1) is 29.2. The van der Waals surface area contributed by atoms with Crippen LogP contribution in [-0.4, -0.2) is 76.9 Å². The molecule has 4 fully saturated rings. The molecule has 5 unspecified atom stereocenters. The Morgan fingerprint density at radius 2 is 1.33 bits per heavy atom. The molecule has 4 bridgehead atoms. The van der Waals surface area contributed by atoms with Gasteiger partial charge in [-0.2, -0.15) is 47.9 Å². The van der Waals surface area contributed by atoms with E-state index in [1.54, 1.807) is 0 Å². The summed E-state index contributed by atoms with van der Waals surface area (Å²) in [6, 6.07) is 0. The van der Waals surface area contributed by atoms with Crippen LogP contribution in [-0.2, 0) is 19.6 Å². The molecular formula is C18H20F10O7S. The maximum absolute atomic E-state index is 14.9. The fraction of sp³-hybridized carbons (Fsp3) is 0.944. The number of esters is 1. The molecule has 4 aliphatic rings. The van der Waals surface area contributed by atoms with Gasteiger partial charge in [0.05, 0.1) is 12.2 Å². The number of rotatable bonds is 8. The van der Waals surface area contributed by atoms with E-state index in [4.69, 9.17) is 4.55 Å². The number of aliphatic hydroxyl groups excluding tert-OH is 1. The highest BCUT2D eigenvalue weighted by Crippen LogP contribution is 2.66. The number of hydrogen-bond donors (Lipinski definition) is 3. The van der Waals surface area contributed by atoms with E-state index in [-0.39, 0.29) is 38.0 Å². The number of halogens is 10. The number of carbonyl (C=O) groups excluding carboxylic acids is 1. The van der Waals surface area contributed by atoms with Crippen LogP contribution in [0.1, 0.15) is 38.5 Å². The molecule has 0 aromatic heterocycles. The summed E-state index contributed by atoms with van der Waals surface area (Å²) < 4.78 is 170. The summed E-state index contributed by atoms with van der Waals surface area (Å²) in [5.41, 5.74) is -3.88. The van der Waals surface area contributed by atoms with Gasteiger partial charge in [0.25, 0.3) is 0 Å². The molecule has 18 heteroatoms. The smallest absolute Gasteiger partial charge is 0.460 e. The Kier molecular flexibility index (Phi) is 6.33. The van der Waals surface area contributed by atoms with E-state index in [0.717, 1.165) is 0 Å². The van der Waals surface area contributed by atoms with E-state index in [9.17, 15) is 67.3 Å². The fourth-order valence-corrected chi connectivity index (χ4v) is 7.13. The molecule has 210 valence electrons. The van der Waals surface area contributed by atoms with Crippen LogP contribution in [0.2, 0.25) is 0 Å². The van der Waals surface area contributed by atoms with Crippen LogP contribution in [0.15, 0.2) is 0 Å². The Hall–Kier alpha value is -1.40. The van der Waals surface area contributed by atoms with Gasteiger partial charge in [0, 0.05) is 12.0 Å². The van der Waals surface area contributed by atoms with Gasteiger partial charge in [0.1, 0.15) is 0 Å². The van der Waals surface area contributed by atoms with Crippen LogP contribution in [0.25, 0.3) is 0 Å². The second-order valence-corrected chi connectivity index (χ2v) is 11.8. The van der Waals surface area contributed by atoms with Crippen LogP contribution >= 0.6 is 0 Å². The van der Waals surface area contributed by atoms with E-state index in [1.165, 1.54) is 0 Å². The lowest BCUT2D eigenvalue weighted by Crippen LogP contribution is -2.71. The number of carbonyl (C=O) groups is 1. The van der Waals surface area contributed by atoms with Crippen molar-refractivity contribution in [2.45, 2.75) is 73.1 Å². The van der Waals surface area contributed by atoms with Crippen molar-refractivity contribution >= 4 is 16.1 Å². The van der Waals surface area contributed by atoms with Crippen LogP contribution in [0.3, 0.4) is 0 Å². The summed E-state index contributed by atoms with van der Waals surface area (Å²) in [5, 5.41) is 13.7. The van der Waals surface area contributed by atoms with Crippen molar-refractivity contribution in [3.8, 4) is 0 Å². The third kappa shape index (κ3) is 3.88. The Morgan fingerprint density at radius 3 is 1.78 bits per heavy atom. The first-order valence-corrected chi connectivity index (χ1v) is 11.7. The van der Waals surface area contributed by atoms with Gasteiger partial charge in [0.2, 0.25) is 0 Å². The Balaban J connectivity index is 1.97. The van der Waals surface area contributed by atoms with E-state index < -0.39 is 74.7 Å². The molecule has 0 aliphatic heterocycles. The van der Waals surface area contributed by atoms with Gasteiger partial charge < -0.3 is 14.9 Å². The third-order valence-corrected chi connectivity index (χ3v) is 8.42. The van der Waals surface area contributed by atoms with E-state index in [0.29, 0.717) is 6.42 Å². The number of alkyl halides is 10. The highest BCUT2D eigenvalue weighted by atomic mass is 32.2. The zero-order chi connectivity index (χ0) is 28.0. The normalized spacial score (nSPS) is 35.0. The second-order valence-electron chi connectivity index (χ2n) is 10.3. The lowest BCUT2D eigenvalue weighted by Gasteiger charge is -2.64. The Morgan fingerprint density at radius 1 is 0.833 bits per heavy atom. The number of hydrogen-bond acceptors (Lipinski definition) is 6. The minimum Gasteiger partial charge on any atom is -0.462 e. The summed E-state index contributed by atoms with van der Waals surface area (Å²) in [6.07, 6.45) is -7.11. The zero-order valence-corrected chi connectivity index (χ0v) is 18.7. The molecule has 0 amide bonds. The van der Waals surface area contributed by atoms with Gasteiger partial charge in [-0.1, -0.05) is 0 Å². The third-order valence-electron chi connectivity index (χ3n) is 7.28.